The maximum absolute atomic E-state index is 14.2. The third kappa shape index (κ3) is 2.56. The average Bonchev–Trinajstić information content (AvgIpc) is 3.64. The van der Waals surface area contributed by atoms with Crippen LogP contribution in [0.5, 0.6) is 0 Å². The number of ketones is 1. The molecule has 0 saturated carbocycles. The van der Waals surface area contributed by atoms with Crippen LogP contribution in [-0.4, -0.2) is 5.78 Å². The number of hydrogen-bond donors (Lipinski definition) is 0. The Labute approximate surface area is 231 Å². The van der Waals surface area contributed by atoms with Crippen LogP contribution in [-0.2, 0) is 5.41 Å². The lowest BCUT2D eigenvalue weighted by atomic mass is 9.70. The first kappa shape index (κ1) is 21.7. The minimum atomic E-state index is -0.471. The number of hydrogen-bond acceptors (Lipinski definition) is 2. The van der Waals surface area contributed by atoms with Gasteiger partial charge in [-0.2, -0.15) is 0 Å². The van der Waals surface area contributed by atoms with E-state index in [0.29, 0.717) is 16.7 Å². The molecule has 0 aliphatic heterocycles. The predicted octanol–water partition coefficient (Wildman–Crippen LogP) is 9.16. The van der Waals surface area contributed by atoms with Gasteiger partial charge in [0.1, 0.15) is 11.2 Å². The van der Waals surface area contributed by atoms with Gasteiger partial charge in [-0.3, -0.25) is 4.79 Å². The Bertz CT molecular complexity index is 2130. The van der Waals surface area contributed by atoms with Crippen molar-refractivity contribution in [1.29, 1.82) is 0 Å². The Hall–Kier alpha value is -5.21. The summed E-state index contributed by atoms with van der Waals surface area (Å²) in [6, 6.07) is 46.2. The van der Waals surface area contributed by atoms with Crippen LogP contribution in [0.2, 0.25) is 0 Å². The van der Waals surface area contributed by atoms with Crippen molar-refractivity contribution in [3.63, 3.8) is 0 Å². The SMILES string of the molecule is O=C(c1ccc2c(c1)C1(c3ccccc3-c3ccccc31)c1ccccc1-2)c1cccc2c1oc1ccccc12. The minimum Gasteiger partial charge on any atom is -0.455 e. The van der Waals surface area contributed by atoms with Gasteiger partial charge in [0.05, 0.1) is 11.0 Å². The van der Waals surface area contributed by atoms with Gasteiger partial charge in [0.2, 0.25) is 0 Å². The van der Waals surface area contributed by atoms with E-state index in [1.54, 1.807) is 0 Å². The van der Waals surface area contributed by atoms with Gasteiger partial charge in [-0.25, -0.2) is 0 Å². The summed E-state index contributed by atoms with van der Waals surface area (Å²) in [6.45, 7) is 0. The zero-order chi connectivity index (χ0) is 26.4. The predicted molar refractivity (Wildman–Crippen MR) is 160 cm³/mol. The zero-order valence-electron chi connectivity index (χ0n) is 21.5. The van der Waals surface area contributed by atoms with Crippen molar-refractivity contribution in [2.24, 2.45) is 0 Å². The maximum Gasteiger partial charge on any atom is 0.196 e. The minimum absolute atomic E-state index is 0.0295. The largest absolute Gasteiger partial charge is 0.455 e. The summed E-state index contributed by atoms with van der Waals surface area (Å²) in [5.74, 6) is -0.0295. The summed E-state index contributed by atoms with van der Waals surface area (Å²) in [5.41, 5.74) is 12.1. The van der Waals surface area contributed by atoms with Crippen LogP contribution in [0.4, 0.5) is 0 Å². The van der Waals surface area contributed by atoms with Crippen LogP contribution >= 0.6 is 0 Å². The molecule has 0 radical (unpaired) electrons. The average molecular weight is 511 g/mol. The Morgan fingerprint density at radius 3 is 1.73 bits per heavy atom. The molecule has 6 aromatic carbocycles. The van der Waals surface area contributed by atoms with Gasteiger partial charge < -0.3 is 4.42 Å². The molecule has 9 rings (SSSR count). The molecule has 1 heterocycles. The highest BCUT2D eigenvalue weighted by Crippen LogP contribution is 2.62. The normalized spacial score (nSPS) is 13.8. The molecule has 1 aromatic heterocycles. The molecule has 2 heteroatoms. The van der Waals surface area contributed by atoms with Crippen LogP contribution in [0.15, 0.2) is 138 Å². The molecule has 7 aromatic rings. The van der Waals surface area contributed by atoms with Gasteiger partial charge in [-0.05, 0) is 62.7 Å². The first-order chi connectivity index (χ1) is 19.8. The molecule has 0 N–H and O–H groups in total. The Balaban J connectivity index is 1.32. The number of carbonyl (C=O) groups is 1. The van der Waals surface area contributed by atoms with Gasteiger partial charge >= 0.3 is 0 Å². The second-order valence-corrected chi connectivity index (χ2v) is 10.8. The topological polar surface area (TPSA) is 30.2 Å². The Morgan fingerprint density at radius 2 is 1.05 bits per heavy atom. The molecule has 1 spiro atoms. The quantitative estimate of drug-likeness (QED) is 0.217. The van der Waals surface area contributed by atoms with Crippen LogP contribution < -0.4 is 0 Å². The smallest absolute Gasteiger partial charge is 0.196 e. The molecule has 2 aliphatic carbocycles. The molecule has 2 aliphatic rings. The van der Waals surface area contributed by atoms with E-state index in [1.807, 2.05) is 48.5 Å². The van der Waals surface area contributed by atoms with E-state index in [-0.39, 0.29) is 5.78 Å². The highest BCUT2D eigenvalue weighted by molar-refractivity contribution is 6.19. The van der Waals surface area contributed by atoms with Crippen LogP contribution in [0.1, 0.15) is 38.2 Å². The summed E-state index contributed by atoms with van der Waals surface area (Å²) in [5, 5.41) is 1.99. The standard InChI is InChI=1S/C38H22O2/c39-36(30-15-9-14-29-28-13-4-8-19-35(28)40-37(29)30)23-20-21-27-26-12-3-7-18-33(26)38(34(27)22-23)31-16-5-1-10-24(31)25-11-2-6-17-32(25)38/h1-22H. The van der Waals surface area contributed by atoms with Gasteiger partial charge in [-0.15, -0.1) is 0 Å². The highest BCUT2D eigenvalue weighted by atomic mass is 16.3. The monoisotopic (exact) mass is 510 g/mol. The van der Waals surface area contributed by atoms with E-state index >= 15 is 0 Å². The molecule has 0 atom stereocenters. The first-order valence-electron chi connectivity index (χ1n) is 13.7. The van der Waals surface area contributed by atoms with Crippen molar-refractivity contribution < 1.29 is 9.21 Å². The Kier molecular flexibility index (Phi) is 4.16. The van der Waals surface area contributed by atoms with E-state index in [4.69, 9.17) is 4.42 Å². The van der Waals surface area contributed by atoms with Crippen molar-refractivity contribution in [3.8, 4) is 22.3 Å². The highest BCUT2D eigenvalue weighted by Gasteiger charge is 2.51. The lowest BCUT2D eigenvalue weighted by Crippen LogP contribution is -2.26. The molecule has 2 nitrogen and oxygen atoms in total. The van der Waals surface area contributed by atoms with E-state index in [2.05, 4.69) is 84.9 Å². The van der Waals surface area contributed by atoms with E-state index < -0.39 is 5.41 Å². The molecule has 40 heavy (non-hydrogen) atoms. The molecule has 0 unspecified atom stereocenters. The van der Waals surface area contributed by atoms with Gasteiger partial charge in [0.25, 0.3) is 0 Å². The fraction of sp³-hybridized carbons (Fsp3) is 0.0263. The van der Waals surface area contributed by atoms with Crippen molar-refractivity contribution in [2.75, 3.05) is 0 Å². The molecule has 0 fully saturated rings. The van der Waals surface area contributed by atoms with Crippen molar-refractivity contribution in [1.82, 2.24) is 0 Å². The molecular formula is C38H22O2. The second-order valence-electron chi connectivity index (χ2n) is 10.8. The third-order valence-corrected chi connectivity index (χ3v) is 8.91. The summed E-state index contributed by atoms with van der Waals surface area (Å²) in [6.07, 6.45) is 0. The summed E-state index contributed by atoms with van der Waals surface area (Å²) in [4.78, 5) is 14.2. The number of rotatable bonds is 2. The van der Waals surface area contributed by atoms with E-state index in [9.17, 15) is 4.79 Å². The van der Waals surface area contributed by atoms with E-state index in [0.717, 1.165) is 21.9 Å². The third-order valence-electron chi connectivity index (χ3n) is 8.91. The summed E-state index contributed by atoms with van der Waals surface area (Å²) >= 11 is 0. The molecule has 186 valence electrons. The van der Waals surface area contributed by atoms with Gasteiger partial charge in [0, 0.05) is 16.3 Å². The molecule has 0 bridgehead atoms. The van der Waals surface area contributed by atoms with Crippen LogP contribution in [0.25, 0.3) is 44.2 Å². The van der Waals surface area contributed by atoms with Crippen molar-refractivity contribution in [3.05, 3.63) is 167 Å². The number of fused-ring (bicyclic) bond motifs is 13. The van der Waals surface area contributed by atoms with Crippen molar-refractivity contribution in [2.45, 2.75) is 5.41 Å². The van der Waals surface area contributed by atoms with Crippen molar-refractivity contribution >= 4 is 27.7 Å². The first-order valence-corrected chi connectivity index (χ1v) is 13.7. The second kappa shape index (κ2) is 7.68. The van der Waals surface area contributed by atoms with Gasteiger partial charge in [0.15, 0.2) is 5.78 Å². The molecule has 0 amide bonds. The summed E-state index contributed by atoms with van der Waals surface area (Å²) < 4.78 is 6.23. The zero-order valence-corrected chi connectivity index (χ0v) is 21.5. The lowest BCUT2D eigenvalue weighted by molar-refractivity contribution is 0.103. The number of benzene rings is 6. The number of furan rings is 1. The maximum atomic E-state index is 14.2. The van der Waals surface area contributed by atoms with Crippen LogP contribution in [0.3, 0.4) is 0 Å². The van der Waals surface area contributed by atoms with E-state index in [1.165, 1.54) is 38.9 Å². The summed E-state index contributed by atoms with van der Waals surface area (Å²) in [7, 11) is 0. The number of para-hydroxylation sites is 2. The fourth-order valence-corrected chi connectivity index (χ4v) is 7.32. The Morgan fingerprint density at radius 1 is 0.500 bits per heavy atom. The molecule has 0 saturated heterocycles. The lowest BCUT2D eigenvalue weighted by Gasteiger charge is -2.30. The van der Waals surface area contributed by atoms with Crippen LogP contribution in [0, 0.1) is 0 Å². The molecular weight excluding hydrogens is 488 g/mol. The number of carbonyl (C=O) groups excluding carboxylic acids is 1. The fourth-order valence-electron chi connectivity index (χ4n) is 7.32. The van der Waals surface area contributed by atoms with Gasteiger partial charge in [-0.1, -0.05) is 115 Å².